The second kappa shape index (κ2) is 9.43. The lowest BCUT2D eigenvalue weighted by Crippen LogP contribution is -2.01. The third-order valence-electron chi connectivity index (χ3n) is 5.35. The van der Waals surface area contributed by atoms with E-state index in [0.717, 1.165) is 51.2 Å². The first kappa shape index (κ1) is 21.2. The summed E-state index contributed by atoms with van der Waals surface area (Å²) < 4.78 is 18.2. The summed E-state index contributed by atoms with van der Waals surface area (Å²) in [6.45, 7) is 4.60. The van der Waals surface area contributed by atoms with Gasteiger partial charge in [-0.25, -0.2) is 4.98 Å². The van der Waals surface area contributed by atoms with Crippen LogP contribution in [0.3, 0.4) is 0 Å². The van der Waals surface area contributed by atoms with Crippen LogP contribution in [0.2, 0.25) is 0 Å². The first-order chi connectivity index (χ1) is 15.7. The van der Waals surface area contributed by atoms with Crippen molar-refractivity contribution in [3.8, 4) is 51.2 Å². The molecule has 32 heavy (non-hydrogen) atoms. The Balaban J connectivity index is 1.95. The highest BCUT2D eigenvalue weighted by atomic mass is 16.5. The van der Waals surface area contributed by atoms with Crippen molar-refractivity contribution < 1.29 is 14.2 Å². The van der Waals surface area contributed by atoms with Crippen LogP contribution in [0.25, 0.3) is 33.9 Å². The summed E-state index contributed by atoms with van der Waals surface area (Å²) in [5, 5.41) is 0. The maximum atomic E-state index is 5.36. The van der Waals surface area contributed by atoms with Crippen LogP contribution in [-0.2, 0) is 6.54 Å². The average Bonchev–Trinajstić information content (AvgIpc) is 3.23. The fourth-order valence-electron chi connectivity index (χ4n) is 3.71. The minimum Gasteiger partial charge on any atom is -0.497 e. The fourth-order valence-corrected chi connectivity index (χ4v) is 3.71. The maximum absolute atomic E-state index is 5.36. The molecule has 4 rings (SSSR count). The number of hydrogen-bond acceptors (Lipinski definition) is 4. The van der Waals surface area contributed by atoms with Crippen molar-refractivity contribution >= 4 is 0 Å². The van der Waals surface area contributed by atoms with E-state index in [-0.39, 0.29) is 0 Å². The van der Waals surface area contributed by atoms with Gasteiger partial charge in [0.05, 0.1) is 32.7 Å². The molecule has 4 aromatic rings. The molecule has 0 bridgehead atoms. The van der Waals surface area contributed by atoms with Gasteiger partial charge < -0.3 is 18.8 Å². The lowest BCUT2D eigenvalue weighted by Gasteiger charge is -2.12. The summed E-state index contributed by atoms with van der Waals surface area (Å²) in [5.74, 6) is 3.29. The summed E-state index contributed by atoms with van der Waals surface area (Å²) in [6, 6.07) is 23.9. The van der Waals surface area contributed by atoms with Crippen molar-refractivity contribution in [2.24, 2.45) is 0 Å². The highest BCUT2D eigenvalue weighted by molar-refractivity contribution is 5.82. The van der Waals surface area contributed by atoms with Gasteiger partial charge in [0, 0.05) is 23.2 Å². The van der Waals surface area contributed by atoms with E-state index in [4.69, 9.17) is 19.2 Å². The molecule has 0 atom stereocenters. The van der Waals surface area contributed by atoms with E-state index in [9.17, 15) is 0 Å². The second-order valence-corrected chi connectivity index (χ2v) is 7.22. The van der Waals surface area contributed by atoms with Gasteiger partial charge in [-0.05, 0) is 72.8 Å². The fraction of sp³-hybridized carbons (Fsp3) is 0.148. The summed E-state index contributed by atoms with van der Waals surface area (Å²) in [6.07, 6.45) is 1.89. The van der Waals surface area contributed by atoms with Crippen LogP contribution in [0.4, 0.5) is 0 Å². The third kappa shape index (κ3) is 4.10. The molecular weight excluding hydrogens is 400 g/mol. The van der Waals surface area contributed by atoms with Gasteiger partial charge in [0.1, 0.15) is 23.1 Å². The summed E-state index contributed by atoms with van der Waals surface area (Å²) >= 11 is 0. The van der Waals surface area contributed by atoms with Crippen LogP contribution in [0, 0.1) is 0 Å². The molecule has 162 valence electrons. The molecule has 0 radical (unpaired) electrons. The van der Waals surface area contributed by atoms with E-state index < -0.39 is 0 Å². The molecule has 1 aromatic heterocycles. The Morgan fingerprint density at radius 1 is 0.688 bits per heavy atom. The van der Waals surface area contributed by atoms with Crippen LogP contribution in [-0.4, -0.2) is 30.9 Å². The van der Waals surface area contributed by atoms with Crippen LogP contribution in [0.1, 0.15) is 0 Å². The van der Waals surface area contributed by atoms with E-state index >= 15 is 0 Å². The normalized spacial score (nSPS) is 10.6. The zero-order valence-electron chi connectivity index (χ0n) is 18.5. The average molecular weight is 427 g/mol. The van der Waals surface area contributed by atoms with Crippen molar-refractivity contribution in [3.05, 3.63) is 85.5 Å². The number of hydrogen-bond donors (Lipinski definition) is 0. The molecule has 0 aliphatic carbocycles. The van der Waals surface area contributed by atoms with Gasteiger partial charge in [-0.2, -0.15) is 0 Å². The predicted octanol–water partition coefficient (Wildman–Crippen LogP) is 6.10. The van der Waals surface area contributed by atoms with Crippen molar-refractivity contribution in [1.29, 1.82) is 0 Å². The largest absolute Gasteiger partial charge is 0.497 e. The zero-order chi connectivity index (χ0) is 22.5. The van der Waals surface area contributed by atoms with Crippen molar-refractivity contribution in [1.82, 2.24) is 9.55 Å². The maximum Gasteiger partial charge on any atom is 0.141 e. The minimum absolute atomic E-state index is 0.617. The van der Waals surface area contributed by atoms with E-state index in [0.29, 0.717) is 6.54 Å². The smallest absolute Gasteiger partial charge is 0.141 e. The Kier molecular flexibility index (Phi) is 6.26. The number of methoxy groups -OCH3 is 3. The molecule has 3 aromatic carbocycles. The molecule has 0 unspecified atom stereocenters. The predicted molar refractivity (Wildman–Crippen MR) is 128 cm³/mol. The number of aromatic nitrogens is 2. The van der Waals surface area contributed by atoms with Gasteiger partial charge in [0.2, 0.25) is 0 Å². The molecule has 1 heterocycles. The van der Waals surface area contributed by atoms with Gasteiger partial charge >= 0.3 is 0 Å². The number of rotatable bonds is 8. The lowest BCUT2D eigenvalue weighted by atomic mass is 10.0. The summed E-state index contributed by atoms with van der Waals surface area (Å²) in [4.78, 5) is 5.10. The summed E-state index contributed by atoms with van der Waals surface area (Å²) in [7, 11) is 5.00. The molecule has 5 nitrogen and oxygen atoms in total. The first-order valence-electron chi connectivity index (χ1n) is 10.3. The minimum atomic E-state index is 0.617. The van der Waals surface area contributed by atoms with E-state index in [1.165, 1.54) is 0 Å². The molecule has 0 spiro atoms. The standard InChI is InChI=1S/C27H26N2O3/c1-5-18-29-26(20-8-14-23(31-3)15-9-20)25(19-6-12-22(30-2)13-7-19)28-27(29)21-10-16-24(32-4)17-11-21/h5-17H,1,18H2,2-4H3. The zero-order valence-corrected chi connectivity index (χ0v) is 18.5. The molecule has 0 saturated heterocycles. The molecule has 0 aliphatic rings. The Morgan fingerprint density at radius 3 is 1.56 bits per heavy atom. The van der Waals surface area contributed by atoms with Crippen LogP contribution in [0.15, 0.2) is 85.5 Å². The van der Waals surface area contributed by atoms with Crippen molar-refractivity contribution in [2.45, 2.75) is 6.54 Å². The SMILES string of the molecule is C=CCn1c(-c2ccc(OC)cc2)nc(-c2ccc(OC)cc2)c1-c1ccc(OC)cc1. The number of allylic oxidation sites excluding steroid dienone is 1. The van der Waals surface area contributed by atoms with Gasteiger partial charge in [-0.3, -0.25) is 0 Å². The number of imidazole rings is 1. The van der Waals surface area contributed by atoms with Crippen LogP contribution < -0.4 is 14.2 Å². The van der Waals surface area contributed by atoms with Gasteiger partial charge in [-0.15, -0.1) is 6.58 Å². The topological polar surface area (TPSA) is 45.5 Å². The Labute approximate surface area is 188 Å². The Bertz CT molecular complexity index is 1190. The van der Waals surface area contributed by atoms with E-state index in [1.54, 1.807) is 21.3 Å². The molecule has 0 aliphatic heterocycles. The van der Waals surface area contributed by atoms with Crippen molar-refractivity contribution in [2.75, 3.05) is 21.3 Å². The Hall–Kier alpha value is -3.99. The van der Waals surface area contributed by atoms with Gasteiger partial charge in [-0.1, -0.05) is 6.08 Å². The molecule has 0 amide bonds. The summed E-state index contributed by atoms with van der Waals surface area (Å²) in [5.41, 5.74) is 4.97. The van der Waals surface area contributed by atoms with Crippen molar-refractivity contribution in [3.63, 3.8) is 0 Å². The number of ether oxygens (including phenoxy) is 3. The second-order valence-electron chi connectivity index (χ2n) is 7.22. The number of nitrogens with zero attached hydrogens (tertiary/aromatic N) is 2. The molecule has 0 fully saturated rings. The number of benzene rings is 3. The van der Waals surface area contributed by atoms with Gasteiger partial charge in [0.25, 0.3) is 0 Å². The molecule has 0 N–H and O–H groups in total. The highest BCUT2D eigenvalue weighted by Gasteiger charge is 2.21. The quantitative estimate of drug-likeness (QED) is 0.320. The highest BCUT2D eigenvalue weighted by Crippen LogP contribution is 2.37. The van der Waals surface area contributed by atoms with Gasteiger partial charge in [0.15, 0.2) is 0 Å². The Morgan fingerprint density at radius 2 is 1.12 bits per heavy atom. The van der Waals surface area contributed by atoms with Crippen LogP contribution >= 0.6 is 0 Å². The van der Waals surface area contributed by atoms with E-state index in [2.05, 4.69) is 23.3 Å². The molecular formula is C27H26N2O3. The first-order valence-corrected chi connectivity index (χ1v) is 10.3. The van der Waals surface area contributed by atoms with E-state index in [1.807, 2.05) is 66.7 Å². The lowest BCUT2D eigenvalue weighted by molar-refractivity contribution is 0.414. The van der Waals surface area contributed by atoms with Crippen LogP contribution in [0.5, 0.6) is 17.2 Å². The monoisotopic (exact) mass is 426 g/mol. The third-order valence-corrected chi connectivity index (χ3v) is 5.35. The molecule has 5 heteroatoms. The molecule has 0 saturated carbocycles.